The number of nitrogens with one attached hydrogen (secondary N) is 2. The van der Waals surface area contributed by atoms with Gasteiger partial charge in [-0.15, -0.1) is 0 Å². The zero-order valence-corrected chi connectivity index (χ0v) is 13.7. The highest BCUT2D eigenvalue weighted by Gasteiger charge is 2.19. The van der Waals surface area contributed by atoms with Crippen molar-refractivity contribution in [2.45, 2.75) is 0 Å². The lowest BCUT2D eigenvalue weighted by atomic mass is 10.1. The van der Waals surface area contributed by atoms with Gasteiger partial charge in [0, 0.05) is 21.5 Å². The van der Waals surface area contributed by atoms with Gasteiger partial charge in [-0.2, -0.15) is 0 Å². The number of anilines is 1. The van der Waals surface area contributed by atoms with E-state index < -0.39 is 5.97 Å². The van der Waals surface area contributed by atoms with E-state index in [-0.39, 0.29) is 18.0 Å². The summed E-state index contributed by atoms with van der Waals surface area (Å²) in [5.41, 5.74) is 2.08. The highest BCUT2D eigenvalue weighted by atomic mass is 35.5. The predicted molar refractivity (Wildman–Crippen MR) is 93.9 cm³/mol. The van der Waals surface area contributed by atoms with Crippen LogP contribution in [0.1, 0.15) is 20.8 Å². The minimum absolute atomic E-state index is 0.0591. The molecule has 0 radical (unpaired) electrons. The van der Waals surface area contributed by atoms with Gasteiger partial charge in [-0.05, 0) is 18.2 Å². The minimum Gasteiger partial charge on any atom is -0.464 e. The fraction of sp³-hybridized carbons (Fsp3) is 0.111. The van der Waals surface area contributed by atoms with Crippen molar-refractivity contribution in [3.8, 4) is 0 Å². The van der Waals surface area contributed by atoms with Crippen LogP contribution in [0, 0.1) is 0 Å². The standard InChI is InChI=1S/C18H15ClN2O3/c1-24-18(23)17-16(13-8-7-12(19)9-14(13)21-17)20-10-15(22)11-5-3-2-4-6-11/h2-9,20-21H,10H2,1H3. The molecular weight excluding hydrogens is 328 g/mol. The van der Waals surface area contributed by atoms with E-state index in [0.717, 1.165) is 5.39 Å². The maximum atomic E-state index is 12.3. The summed E-state index contributed by atoms with van der Waals surface area (Å²) in [7, 11) is 1.31. The van der Waals surface area contributed by atoms with Crippen molar-refractivity contribution in [3.05, 3.63) is 64.8 Å². The average Bonchev–Trinajstić information content (AvgIpc) is 2.97. The Balaban J connectivity index is 1.92. The van der Waals surface area contributed by atoms with Gasteiger partial charge in [-0.25, -0.2) is 4.79 Å². The molecule has 0 amide bonds. The third-order valence-corrected chi connectivity index (χ3v) is 3.91. The molecule has 0 unspecified atom stereocenters. The lowest BCUT2D eigenvalue weighted by Gasteiger charge is -2.07. The molecule has 0 aliphatic rings. The van der Waals surface area contributed by atoms with Crippen LogP contribution in [0.2, 0.25) is 5.02 Å². The number of carbonyl (C=O) groups is 2. The van der Waals surface area contributed by atoms with E-state index in [1.165, 1.54) is 7.11 Å². The van der Waals surface area contributed by atoms with Gasteiger partial charge in [0.15, 0.2) is 5.78 Å². The van der Waals surface area contributed by atoms with E-state index in [2.05, 4.69) is 10.3 Å². The van der Waals surface area contributed by atoms with Crippen molar-refractivity contribution in [1.29, 1.82) is 0 Å². The number of ether oxygens (including phenoxy) is 1. The Labute approximate surface area is 143 Å². The molecule has 0 fully saturated rings. The maximum absolute atomic E-state index is 12.3. The van der Waals surface area contributed by atoms with Crippen LogP contribution in [0.25, 0.3) is 10.9 Å². The van der Waals surface area contributed by atoms with Crippen molar-refractivity contribution in [2.24, 2.45) is 0 Å². The van der Waals surface area contributed by atoms with Crippen LogP contribution < -0.4 is 5.32 Å². The molecule has 1 heterocycles. The van der Waals surface area contributed by atoms with Crippen LogP contribution >= 0.6 is 11.6 Å². The van der Waals surface area contributed by atoms with Crippen molar-refractivity contribution in [2.75, 3.05) is 19.0 Å². The Morgan fingerprint density at radius 2 is 1.92 bits per heavy atom. The maximum Gasteiger partial charge on any atom is 0.356 e. The minimum atomic E-state index is -0.517. The molecule has 122 valence electrons. The number of ketones is 1. The zero-order chi connectivity index (χ0) is 17.1. The summed E-state index contributed by atoms with van der Waals surface area (Å²) in [6.07, 6.45) is 0. The lowest BCUT2D eigenvalue weighted by Crippen LogP contribution is -2.16. The highest BCUT2D eigenvalue weighted by molar-refractivity contribution is 6.31. The van der Waals surface area contributed by atoms with Gasteiger partial charge in [0.05, 0.1) is 19.3 Å². The van der Waals surface area contributed by atoms with Crippen molar-refractivity contribution in [3.63, 3.8) is 0 Å². The number of methoxy groups -OCH3 is 1. The van der Waals surface area contributed by atoms with E-state index in [4.69, 9.17) is 16.3 Å². The second kappa shape index (κ2) is 6.76. The van der Waals surface area contributed by atoms with Gasteiger partial charge >= 0.3 is 5.97 Å². The smallest absolute Gasteiger partial charge is 0.356 e. The molecule has 0 aliphatic heterocycles. The van der Waals surface area contributed by atoms with Crippen LogP contribution in [0.15, 0.2) is 48.5 Å². The van der Waals surface area contributed by atoms with Gasteiger partial charge < -0.3 is 15.0 Å². The number of rotatable bonds is 5. The Morgan fingerprint density at radius 3 is 2.62 bits per heavy atom. The molecule has 0 spiro atoms. The number of halogens is 1. The van der Waals surface area contributed by atoms with Crippen LogP contribution in [0.5, 0.6) is 0 Å². The van der Waals surface area contributed by atoms with Crippen LogP contribution in [-0.2, 0) is 4.74 Å². The summed E-state index contributed by atoms with van der Waals surface area (Å²) in [4.78, 5) is 27.2. The first-order valence-electron chi connectivity index (χ1n) is 7.32. The molecule has 3 aromatic rings. The Bertz CT molecular complexity index is 903. The second-order valence-corrected chi connectivity index (χ2v) is 5.64. The molecule has 24 heavy (non-hydrogen) atoms. The molecule has 0 aliphatic carbocycles. The van der Waals surface area contributed by atoms with Crippen LogP contribution in [0.4, 0.5) is 5.69 Å². The van der Waals surface area contributed by atoms with Crippen LogP contribution in [0.3, 0.4) is 0 Å². The fourth-order valence-corrected chi connectivity index (χ4v) is 2.68. The van der Waals surface area contributed by atoms with Crippen molar-refractivity contribution >= 4 is 39.9 Å². The second-order valence-electron chi connectivity index (χ2n) is 5.20. The number of fused-ring (bicyclic) bond motifs is 1. The summed E-state index contributed by atoms with van der Waals surface area (Å²) in [5, 5.41) is 4.36. The van der Waals surface area contributed by atoms with E-state index in [1.54, 1.807) is 42.5 Å². The first kappa shape index (κ1) is 16.1. The molecule has 1 aromatic heterocycles. The Hall–Kier alpha value is -2.79. The van der Waals surface area contributed by atoms with Gasteiger partial charge in [0.2, 0.25) is 0 Å². The van der Waals surface area contributed by atoms with Gasteiger partial charge in [-0.1, -0.05) is 41.9 Å². The third-order valence-electron chi connectivity index (χ3n) is 3.67. The summed E-state index contributed by atoms with van der Waals surface area (Å²) >= 11 is 5.99. The largest absolute Gasteiger partial charge is 0.464 e. The lowest BCUT2D eigenvalue weighted by molar-refractivity contribution is 0.0596. The Morgan fingerprint density at radius 1 is 1.17 bits per heavy atom. The topological polar surface area (TPSA) is 71.2 Å². The SMILES string of the molecule is COC(=O)c1[nH]c2cc(Cl)ccc2c1NCC(=O)c1ccccc1. The molecule has 0 saturated heterocycles. The number of H-pyrrole nitrogens is 1. The molecule has 2 N–H and O–H groups in total. The average molecular weight is 343 g/mol. The fourth-order valence-electron chi connectivity index (χ4n) is 2.50. The normalized spacial score (nSPS) is 10.6. The molecule has 0 atom stereocenters. The first-order chi connectivity index (χ1) is 11.6. The number of hydrogen-bond donors (Lipinski definition) is 2. The highest BCUT2D eigenvalue weighted by Crippen LogP contribution is 2.30. The number of hydrogen-bond acceptors (Lipinski definition) is 4. The van der Waals surface area contributed by atoms with Gasteiger partial charge in [-0.3, -0.25) is 4.79 Å². The molecule has 2 aromatic carbocycles. The molecule has 5 nitrogen and oxygen atoms in total. The zero-order valence-electron chi connectivity index (χ0n) is 12.9. The number of aromatic amines is 1. The monoisotopic (exact) mass is 342 g/mol. The molecule has 0 saturated carbocycles. The van der Waals surface area contributed by atoms with E-state index >= 15 is 0 Å². The number of esters is 1. The number of carbonyl (C=O) groups excluding carboxylic acids is 2. The quantitative estimate of drug-likeness (QED) is 0.545. The number of aromatic nitrogens is 1. The predicted octanol–water partition coefficient (Wildman–Crippen LogP) is 3.90. The van der Waals surface area contributed by atoms with Crippen molar-refractivity contribution < 1.29 is 14.3 Å². The van der Waals surface area contributed by atoms with E-state index in [0.29, 0.717) is 21.8 Å². The summed E-state index contributed by atoms with van der Waals surface area (Å²) < 4.78 is 4.80. The summed E-state index contributed by atoms with van der Waals surface area (Å²) in [5.74, 6) is -0.591. The molecule has 0 bridgehead atoms. The van der Waals surface area contributed by atoms with Crippen LogP contribution in [-0.4, -0.2) is 30.4 Å². The molecule has 3 rings (SSSR count). The molecular formula is C18H15ClN2O3. The molecule has 6 heteroatoms. The van der Waals surface area contributed by atoms with E-state index in [9.17, 15) is 9.59 Å². The number of benzene rings is 2. The summed E-state index contributed by atoms with van der Waals surface area (Å²) in [6.45, 7) is 0.0591. The van der Waals surface area contributed by atoms with E-state index in [1.807, 2.05) is 6.07 Å². The Kier molecular flexibility index (Phi) is 4.53. The number of Topliss-reactive ketones (excluding diaryl/α,β-unsaturated/α-hetero) is 1. The summed E-state index contributed by atoms with van der Waals surface area (Å²) in [6, 6.07) is 14.2. The van der Waals surface area contributed by atoms with Gasteiger partial charge in [0.1, 0.15) is 5.69 Å². The first-order valence-corrected chi connectivity index (χ1v) is 7.69. The van der Waals surface area contributed by atoms with Gasteiger partial charge in [0.25, 0.3) is 0 Å². The van der Waals surface area contributed by atoms with Crippen molar-refractivity contribution in [1.82, 2.24) is 4.98 Å². The third kappa shape index (κ3) is 3.12.